The molecule has 1 aromatic rings. The lowest BCUT2D eigenvalue weighted by Gasteiger charge is -2.19. The molecular weight excluding hydrogens is 258 g/mol. The fourth-order valence-corrected chi connectivity index (χ4v) is 4.66. The van der Waals surface area contributed by atoms with E-state index < -0.39 is 9.84 Å². The molecule has 0 bridgehead atoms. The number of rotatable bonds is 5. The van der Waals surface area contributed by atoms with Crippen molar-refractivity contribution in [1.82, 2.24) is 0 Å². The minimum absolute atomic E-state index is 0.111. The standard InChI is InChI=1S/C15H23NO2S/c1-12-6-2-3-9-14(12)10-19(17,18)11-15(16)13-7-4-5-8-13/h2-3,6,9,13,15H,4-5,7-8,10-11,16H2,1H3. The van der Waals surface area contributed by atoms with Crippen LogP contribution in [0.15, 0.2) is 24.3 Å². The highest BCUT2D eigenvalue weighted by Crippen LogP contribution is 2.27. The lowest BCUT2D eigenvalue weighted by Crippen LogP contribution is -2.36. The summed E-state index contributed by atoms with van der Waals surface area (Å²) in [7, 11) is -3.12. The number of sulfone groups is 1. The Morgan fingerprint density at radius 1 is 1.26 bits per heavy atom. The highest BCUT2D eigenvalue weighted by molar-refractivity contribution is 7.90. The van der Waals surface area contributed by atoms with E-state index in [-0.39, 0.29) is 17.5 Å². The van der Waals surface area contributed by atoms with E-state index in [0.29, 0.717) is 5.92 Å². The number of aryl methyl sites for hydroxylation is 1. The van der Waals surface area contributed by atoms with Gasteiger partial charge in [-0.1, -0.05) is 37.1 Å². The van der Waals surface area contributed by atoms with Gasteiger partial charge >= 0.3 is 0 Å². The summed E-state index contributed by atoms with van der Waals surface area (Å²) in [6.07, 6.45) is 4.55. The van der Waals surface area contributed by atoms with E-state index >= 15 is 0 Å². The molecular formula is C15H23NO2S. The highest BCUT2D eigenvalue weighted by atomic mass is 32.2. The Bertz CT molecular complexity index is 519. The topological polar surface area (TPSA) is 60.2 Å². The molecule has 1 unspecified atom stereocenters. The van der Waals surface area contributed by atoms with E-state index in [2.05, 4.69) is 0 Å². The van der Waals surface area contributed by atoms with Crippen LogP contribution in [0.5, 0.6) is 0 Å². The number of hydrogen-bond acceptors (Lipinski definition) is 3. The zero-order valence-corrected chi connectivity index (χ0v) is 12.3. The molecule has 0 spiro atoms. The van der Waals surface area contributed by atoms with E-state index in [4.69, 9.17) is 5.73 Å². The highest BCUT2D eigenvalue weighted by Gasteiger charge is 2.26. The molecule has 19 heavy (non-hydrogen) atoms. The van der Waals surface area contributed by atoms with Gasteiger partial charge in [0.25, 0.3) is 0 Å². The van der Waals surface area contributed by atoms with Crippen molar-refractivity contribution in [1.29, 1.82) is 0 Å². The number of hydrogen-bond donors (Lipinski definition) is 1. The zero-order valence-electron chi connectivity index (χ0n) is 11.5. The van der Waals surface area contributed by atoms with Crippen molar-refractivity contribution in [2.75, 3.05) is 5.75 Å². The van der Waals surface area contributed by atoms with Gasteiger partial charge in [-0.15, -0.1) is 0 Å². The molecule has 0 aliphatic heterocycles. The van der Waals surface area contributed by atoms with Crippen LogP contribution in [-0.4, -0.2) is 20.2 Å². The third-order valence-corrected chi connectivity index (χ3v) is 5.73. The summed E-state index contributed by atoms with van der Waals surface area (Å²) in [4.78, 5) is 0. The molecule has 2 rings (SSSR count). The molecule has 0 radical (unpaired) electrons. The van der Waals surface area contributed by atoms with Crippen LogP contribution in [0.25, 0.3) is 0 Å². The molecule has 0 amide bonds. The zero-order chi connectivity index (χ0) is 13.9. The monoisotopic (exact) mass is 281 g/mol. The predicted molar refractivity (Wildman–Crippen MR) is 78.6 cm³/mol. The molecule has 1 aliphatic rings. The van der Waals surface area contributed by atoms with Gasteiger partial charge in [-0.25, -0.2) is 8.42 Å². The minimum Gasteiger partial charge on any atom is -0.327 e. The summed E-state index contributed by atoms with van der Waals surface area (Å²) < 4.78 is 24.5. The van der Waals surface area contributed by atoms with Gasteiger partial charge in [-0.3, -0.25) is 0 Å². The van der Waals surface area contributed by atoms with Gasteiger partial charge in [-0.05, 0) is 36.8 Å². The van der Waals surface area contributed by atoms with Crippen molar-refractivity contribution in [3.05, 3.63) is 35.4 Å². The van der Waals surface area contributed by atoms with Gasteiger partial charge in [-0.2, -0.15) is 0 Å². The van der Waals surface area contributed by atoms with E-state index in [0.717, 1.165) is 24.0 Å². The summed E-state index contributed by atoms with van der Waals surface area (Å²) in [6.45, 7) is 1.95. The van der Waals surface area contributed by atoms with Gasteiger partial charge in [0.05, 0.1) is 11.5 Å². The second-order valence-electron chi connectivity index (χ2n) is 5.69. The predicted octanol–water partition coefficient (Wildman–Crippen LogP) is 2.43. The first-order valence-corrected chi connectivity index (χ1v) is 8.80. The van der Waals surface area contributed by atoms with Gasteiger partial charge in [0, 0.05) is 6.04 Å². The average molecular weight is 281 g/mol. The first-order chi connectivity index (χ1) is 8.98. The van der Waals surface area contributed by atoms with Crippen molar-refractivity contribution < 1.29 is 8.42 Å². The SMILES string of the molecule is Cc1ccccc1CS(=O)(=O)CC(N)C1CCCC1. The van der Waals surface area contributed by atoms with E-state index in [9.17, 15) is 8.42 Å². The van der Waals surface area contributed by atoms with Crippen LogP contribution >= 0.6 is 0 Å². The second kappa shape index (κ2) is 6.06. The quantitative estimate of drug-likeness (QED) is 0.901. The normalized spacial score (nSPS) is 18.6. The maximum Gasteiger partial charge on any atom is 0.155 e. The van der Waals surface area contributed by atoms with E-state index in [1.807, 2.05) is 31.2 Å². The number of nitrogens with two attached hydrogens (primary N) is 1. The Morgan fingerprint density at radius 3 is 2.53 bits per heavy atom. The summed E-state index contributed by atoms with van der Waals surface area (Å²) in [5.41, 5.74) is 8.00. The Kier molecular flexibility index (Phi) is 4.63. The fraction of sp³-hybridized carbons (Fsp3) is 0.600. The van der Waals surface area contributed by atoms with Crippen LogP contribution in [0.1, 0.15) is 36.8 Å². The average Bonchev–Trinajstić information content (AvgIpc) is 2.85. The van der Waals surface area contributed by atoms with Gasteiger partial charge in [0.1, 0.15) is 0 Å². The van der Waals surface area contributed by atoms with Crippen LogP contribution < -0.4 is 5.73 Å². The molecule has 4 heteroatoms. The summed E-state index contributed by atoms with van der Waals surface area (Å²) in [5, 5.41) is 0. The van der Waals surface area contributed by atoms with Crippen LogP contribution in [0, 0.1) is 12.8 Å². The largest absolute Gasteiger partial charge is 0.327 e. The molecule has 0 aromatic heterocycles. The van der Waals surface area contributed by atoms with Crippen molar-refractivity contribution in [3.8, 4) is 0 Å². The van der Waals surface area contributed by atoms with Gasteiger partial charge < -0.3 is 5.73 Å². The molecule has 1 saturated carbocycles. The molecule has 0 heterocycles. The van der Waals surface area contributed by atoms with Crippen molar-refractivity contribution in [3.63, 3.8) is 0 Å². The van der Waals surface area contributed by atoms with E-state index in [1.165, 1.54) is 12.8 Å². The molecule has 1 fully saturated rings. The Balaban J connectivity index is 2.00. The lowest BCUT2D eigenvalue weighted by molar-refractivity contribution is 0.454. The van der Waals surface area contributed by atoms with Crippen LogP contribution in [0.4, 0.5) is 0 Å². The Hall–Kier alpha value is -0.870. The fourth-order valence-electron chi connectivity index (χ4n) is 2.88. The van der Waals surface area contributed by atoms with Crippen LogP contribution in [-0.2, 0) is 15.6 Å². The number of benzene rings is 1. The molecule has 2 N–H and O–H groups in total. The Labute approximate surface area is 116 Å². The molecule has 1 atom stereocenters. The Morgan fingerprint density at radius 2 is 1.89 bits per heavy atom. The molecule has 1 aromatic carbocycles. The molecule has 106 valence electrons. The molecule has 3 nitrogen and oxygen atoms in total. The smallest absolute Gasteiger partial charge is 0.155 e. The molecule has 0 saturated heterocycles. The van der Waals surface area contributed by atoms with Gasteiger partial charge in [0.2, 0.25) is 0 Å². The summed E-state index contributed by atoms with van der Waals surface area (Å²) >= 11 is 0. The first kappa shape index (κ1) is 14.5. The van der Waals surface area contributed by atoms with Crippen molar-refractivity contribution in [2.45, 2.75) is 44.4 Å². The van der Waals surface area contributed by atoms with Gasteiger partial charge in [0.15, 0.2) is 9.84 Å². The van der Waals surface area contributed by atoms with E-state index in [1.54, 1.807) is 0 Å². The summed E-state index contributed by atoms with van der Waals surface area (Å²) in [6, 6.07) is 7.44. The minimum atomic E-state index is -3.12. The van der Waals surface area contributed by atoms with Crippen molar-refractivity contribution in [2.24, 2.45) is 11.7 Å². The maximum absolute atomic E-state index is 12.2. The third-order valence-electron chi connectivity index (χ3n) is 4.09. The van der Waals surface area contributed by atoms with Crippen LogP contribution in [0.3, 0.4) is 0 Å². The van der Waals surface area contributed by atoms with Crippen molar-refractivity contribution >= 4 is 9.84 Å². The second-order valence-corrected chi connectivity index (χ2v) is 7.80. The summed E-state index contributed by atoms with van der Waals surface area (Å²) in [5.74, 6) is 0.623. The first-order valence-electron chi connectivity index (χ1n) is 6.98. The van der Waals surface area contributed by atoms with Crippen LogP contribution in [0.2, 0.25) is 0 Å². The third kappa shape index (κ3) is 4.05. The maximum atomic E-state index is 12.2. The lowest BCUT2D eigenvalue weighted by atomic mass is 10.0. The molecule has 1 aliphatic carbocycles.